The van der Waals surface area contributed by atoms with Gasteiger partial charge < -0.3 is 14.3 Å². The van der Waals surface area contributed by atoms with Gasteiger partial charge in [0.25, 0.3) is 5.91 Å². The van der Waals surface area contributed by atoms with Crippen LogP contribution in [0, 0.1) is 20.8 Å². The van der Waals surface area contributed by atoms with Crippen LogP contribution in [0.5, 0.6) is 5.75 Å². The number of carbonyl (C=O) groups is 2. The van der Waals surface area contributed by atoms with Crippen molar-refractivity contribution in [2.75, 3.05) is 12.0 Å². The number of carbonyl (C=O) groups excluding carboxylic acids is 2. The van der Waals surface area contributed by atoms with Gasteiger partial charge in [0.2, 0.25) is 5.78 Å². The summed E-state index contributed by atoms with van der Waals surface area (Å²) in [5, 5.41) is 11.3. The molecule has 0 spiro atoms. The maximum atomic E-state index is 13.5. The number of methoxy groups -OCH3 is 1. The van der Waals surface area contributed by atoms with E-state index in [2.05, 4.69) is 0 Å². The molecule has 3 heterocycles. The molecule has 1 aliphatic rings. The molecule has 0 bridgehead atoms. The van der Waals surface area contributed by atoms with Crippen molar-refractivity contribution >= 4 is 38.4 Å². The zero-order valence-corrected chi connectivity index (χ0v) is 19.9. The SMILES string of the molecule is COc1cccc(C2C(C(=O)c3ccc(C)o3)=C(O)C(=O)N2c2nc3c(C)cc(C)cc3s2)c1. The highest BCUT2D eigenvalue weighted by Crippen LogP contribution is 2.45. The molecular formula is C26H22N2O5S. The Labute approximate surface area is 199 Å². The van der Waals surface area contributed by atoms with Crippen LogP contribution in [0.3, 0.4) is 0 Å². The topological polar surface area (TPSA) is 92.9 Å². The van der Waals surface area contributed by atoms with Crippen molar-refractivity contribution in [3.05, 3.63) is 88.1 Å². The van der Waals surface area contributed by atoms with E-state index in [1.54, 1.807) is 44.4 Å². The van der Waals surface area contributed by atoms with Gasteiger partial charge in [-0.15, -0.1) is 0 Å². The van der Waals surface area contributed by atoms with Crippen LogP contribution in [-0.4, -0.2) is 28.9 Å². The average molecular weight is 475 g/mol. The molecule has 0 radical (unpaired) electrons. The van der Waals surface area contributed by atoms with Gasteiger partial charge in [0.15, 0.2) is 16.7 Å². The van der Waals surface area contributed by atoms with Crippen LogP contribution in [0.4, 0.5) is 5.13 Å². The van der Waals surface area contributed by atoms with E-state index in [1.165, 1.54) is 22.3 Å². The first kappa shape index (κ1) is 21.9. The van der Waals surface area contributed by atoms with Crippen LogP contribution < -0.4 is 9.64 Å². The molecule has 2 aromatic heterocycles. The number of aliphatic hydroxyl groups excluding tert-OH is 1. The lowest BCUT2D eigenvalue weighted by molar-refractivity contribution is -0.117. The highest BCUT2D eigenvalue weighted by Gasteiger charge is 2.46. The molecule has 1 amide bonds. The summed E-state index contributed by atoms with van der Waals surface area (Å²) in [5.74, 6) is -0.682. The molecular weight excluding hydrogens is 452 g/mol. The fraction of sp³-hybridized carbons (Fsp3) is 0.192. The monoisotopic (exact) mass is 474 g/mol. The number of anilines is 1. The zero-order chi connectivity index (χ0) is 24.1. The molecule has 2 aromatic carbocycles. The number of hydrogen-bond acceptors (Lipinski definition) is 7. The van der Waals surface area contributed by atoms with Gasteiger partial charge >= 0.3 is 0 Å². The van der Waals surface area contributed by atoms with Crippen LogP contribution in [0.1, 0.15) is 39.0 Å². The van der Waals surface area contributed by atoms with E-state index in [9.17, 15) is 14.7 Å². The van der Waals surface area contributed by atoms with Crippen LogP contribution in [0.25, 0.3) is 10.2 Å². The first-order chi connectivity index (χ1) is 16.3. The molecule has 0 fully saturated rings. The summed E-state index contributed by atoms with van der Waals surface area (Å²) in [4.78, 5) is 33.0. The predicted octanol–water partition coefficient (Wildman–Crippen LogP) is 5.61. The maximum Gasteiger partial charge on any atom is 0.296 e. The van der Waals surface area contributed by atoms with Gasteiger partial charge in [0.1, 0.15) is 11.5 Å². The number of rotatable bonds is 5. The van der Waals surface area contributed by atoms with Gasteiger partial charge in [0.05, 0.1) is 28.9 Å². The van der Waals surface area contributed by atoms with Crippen LogP contribution in [-0.2, 0) is 4.79 Å². The second-order valence-corrected chi connectivity index (χ2v) is 9.29. The molecule has 172 valence electrons. The van der Waals surface area contributed by atoms with Gasteiger partial charge in [-0.05, 0) is 67.8 Å². The number of aromatic nitrogens is 1. The minimum atomic E-state index is -0.900. The number of Topliss-reactive ketones (excluding diaryl/α,β-unsaturated/α-hetero) is 1. The fourth-order valence-corrected chi connectivity index (χ4v) is 5.48. The van der Waals surface area contributed by atoms with Crippen molar-refractivity contribution < 1.29 is 23.8 Å². The van der Waals surface area contributed by atoms with E-state index in [0.29, 0.717) is 22.2 Å². The summed E-state index contributed by atoms with van der Waals surface area (Å²) in [6.07, 6.45) is 0. The van der Waals surface area contributed by atoms with E-state index in [-0.39, 0.29) is 11.3 Å². The summed E-state index contributed by atoms with van der Waals surface area (Å²) in [5.41, 5.74) is 3.41. The molecule has 0 aliphatic carbocycles. The van der Waals surface area contributed by atoms with Crippen LogP contribution in [0.2, 0.25) is 0 Å². The Kier molecular flexibility index (Phi) is 5.25. The molecule has 5 rings (SSSR count). The van der Waals surface area contributed by atoms with Crippen LogP contribution in [0.15, 0.2) is 64.3 Å². The fourth-order valence-electron chi connectivity index (χ4n) is 4.31. The second kappa shape index (κ2) is 8.14. The van der Waals surface area contributed by atoms with E-state index in [1.807, 2.05) is 26.0 Å². The summed E-state index contributed by atoms with van der Waals surface area (Å²) < 4.78 is 11.8. The van der Waals surface area contributed by atoms with Crippen LogP contribution >= 0.6 is 11.3 Å². The number of ether oxygens (including phenoxy) is 1. The summed E-state index contributed by atoms with van der Waals surface area (Å²) in [6.45, 7) is 5.69. The molecule has 34 heavy (non-hydrogen) atoms. The first-order valence-corrected chi connectivity index (χ1v) is 11.5. The molecule has 1 aliphatic heterocycles. The van der Waals surface area contributed by atoms with E-state index >= 15 is 0 Å². The average Bonchev–Trinajstić information content (AvgIpc) is 3.50. The normalized spacial score (nSPS) is 16.1. The molecule has 1 unspecified atom stereocenters. The van der Waals surface area contributed by atoms with Gasteiger partial charge in [-0.1, -0.05) is 29.5 Å². The van der Waals surface area contributed by atoms with Gasteiger partial charge in [0, 0.05) is 0 Å². The third kappa shape index (κ3) is 3.47. The number of hydrogen-bond donors (Lipinski definition) is 1. The Morgan fingerprint density at radius 1 is 1.15 bits per heavy atom. The molecule has 4 aromatic rings. The van der Waals surface area contributed by atoms with E-state index < -0.39 is 23.5 Å². The van der Waals surface area contributed by atoms with Gasteiger partial charge in [-0.25, -0.2) is 4.98 Å². The lowest BCUT2D eigenvalue weighted by atomic mass is 9.95. The standard InChI is InChI=1S/C26H22N2O5S/c1-13-10-14(2)21-19(11-13)34-26(27-21)28-22(16-6-5-7-17(12-16)32-4)20(24(30)25(28)31)23(29)18-9-8-15(3)33-18/h5-12,22,30H,1-4H3. The lowest BCUT2D eigenvalue weighted by Gasteiger charge is -2.24. The minimum Gasteiger partial charge on any atom is -0.503 e. The summed E-state index contributed by atoms with van der Waals surface area (Å²) in [6, 6.07) is 13.4. The largest absolute Gasteiger partial charge is 0.503 e. The Hall–Kier alpha value is -3.91. The number of furan rings is 1. The van der Waals surface area contributed by atoms with Crippen molar-refractivity contribution in [2.45, 2.75) is 26.8 Å². The van der Waals surface area contributed by atoms with Gasteiger partial charge in [-0.2, -0.15) is 0 Å². The number of fused-ring (bicyclic) bond motifs is 1. The van der Waals surface area contributed by atoms with E-state index in [0.717, 1.165) is 21.3 Å². The number of ketones is 1. The molecule has 0 saturated carbocycles. The Bertz CT molecular complexity index is 1500. The maximum absolute atomic E-state index is 13.5. The number of aliphatic hydroxyl groups is 1. The zero-order valence-electron chi connectivity index (χ0n) is 19.1. The smallest absolute Gasteiger partial charge is 0.296 e. The number of aryl methyl sites for hydroxylation is 3. The van der Waals surface area contributed by atoms with Crippen molar-refractivity contribution in [3.63, 3.8) is 0 Å². The van der Waals surface area contributed by atoms with Crippen molar-refractivity contribution in [3.8, 4) is 5.75 Å². The second-order valence-electron chi connectivity index (χ2n) is 8.28. The number of thiazole rings is 1. The quantitative estimate of drug-likeness (QED) is 0.378. The highest BCUT2D eigenvalue weighted by atomic mass is 32.1. The van der Waals surface area contributed by atoms with E-state index in [4.69, 9.17) is 14.1 Å². The lowest BCUT2D eigenvalue weighted by Crippen LogP contribution is -2.31. The first-order valence-electron chi connectivity index (χ1n) is 10.7. The minimum absolute atomic E-state index is 0.0531. The highest BCUT2D eigenvalue weighted by molar-refractivity contribution is 7.22. The van der Waals surface area contributed by atoms with Crippen molar-refractivity contribution in [2.24, 2.45) is 0 Å². The third-order valence-corrected chi connectivity index (χ3v) is 6.85. The van der Waals surface area contributed by atoms with Crippen molar-refractivity contribution in [1.29, 1.82) is 0 Å². The Morgan fingerprint density at radius 2 is 1.94 bits per heavy atom. The predicted molar refractivity (Wildman–Crippen MR) is 130 cm³/mol. The molecule has 1 atom stereocenters. The molecule has 7 nitrogen and oxygen atoms in total. The third-order valence-electron chi connectivity index (χ3n) is 5.85. The number of benzene rings is 2. The van der Waals surface area contributed by atoms with Gasteiger partial charge in [-0.3, -0.25) is 14.5 Å². The number of amides is 1. The Balaban J connectivity index is 1.70. The molecule has 1 N–H and O–H groups in total. The van der Waals surface area contributed by atoms with Crippen molar-refractivity contribution in [1.82, 2.24) is 4.98 Å². The summed E-state index contributed by atoms with van der Waals surface area (Å²) in [7, 11) is 1.54. The molecule has 8 heteroatoms. The Morgan fingerprint density at radius 3 is 2.65 bits per heavy atom. The molecule has 0 saturated heterocycles. The summed E-state index contributed by atoms with van der Waals surface area (Å²) >= 11 is 1.34. The number of nitrogens with zero attached hydrogens (tertiary/aromatic N) is 2.